The van der Waals surface area contributed by atoms with Gasteiger partial charge in [0.05, 0.1) is 0 Å². The molecule has 0 fully saturated rings. The van der Waals surface area contributed by atoms with E-state index in [1.165, 1.54) is 0 Å². The Balaban J connectivity index is 1.42. The summed E-state index contributed by atoms with van der Waals surface area (Å²) in [6.07, 6.45) is -1.38. The van der Waals surface area contributed by atoms with Crippen LogP contribution in [0, 0.1) is 0 Å². The first kappa shape index (κ1) is 17.5. The van der Waals surface area contributed by atoms with Crippen molar-refractivity contribution in [3.63, 3.8) is 0 Å². The summed E-state index contributed by atoms with van der Waals surface area (Å²) in [6.45, 7) is 0.291. The van der Waals surface area contributed by atoms with Crippen LogP contribution in [-0.4, -0.2) is 23.6 Å². The average molecular weight is 384 g/mol. The molecule has 0 unspecified atom stereocenters. The molecule has 1 aliphatic heterocycles. The highest BCUT2D eigenvalue weighted by Gasteiger charge is 2.38. The highest BCUT2D eigenvalue weighted by Crippen LogP contribution is 2.45. The van der Waals surface area contributed by atoms with Crippen molar-refractivity contribution in [1.29, 1.82) is 0 Å². The van der Waals surface area contributed by atoms with Gasteiger partial charge in [-0.25, -0.2) is 4.79 Å². The number of ether oxygens (including phenoxy) is 1. The van der Waals surface area contributed by atoms with Crippen molar-refractivity contribution in [3.05, 3.63) is 95.1 Å². The summed E-state index contributed by atoms with van der Waals surface area (Å²) in [7, 11) is 0. The number of carboxylic acid groups (broad SMARTS) is 1. The molecule has 2 aliphatic rings. The van der Waals surface area contributed by atoms with E-state index in [2.05, 4.69) is 12.1 Å². The van der Waals surface area contributed by atoms with Gasteiger partial charge in [0.1, 0.15) is 12.7 Å². The minimum absolute atomic E-state index is 0.0700. The maximum Gasteiger partial charge on any atom is 0.333 e. The van der Waals surface area contributed by atoms with Crippen LogP contribution in [0.4, 0.5) is 4.79 Å². The normalized spacial score (nSPS) is 16.8. The Morgan fingerprint density at radius 2 is 1.41 bits per heavy atom. The third kappa shape index (κ3) is 2.78. The van der Waals surface area contributed by atoms with Gasteiger partial charge in [-0.1, -0.05) is 72.8 Å². The third-order valence-electron chi connectivity index (χ3n) is 5.81. The number of amides is 1. The molecule has 0 radical (unpaired) electrons. The van der Waals surface area contributed by atoms with E-state index in [1.54, 1.807) is 12.1 Å². The van der Waals surface area contributed by atoms with Gasteiger partial charge in [-0.2, -0.15) is 0 Å². The van der Waals surface area contributed by atoms with Crippen LogP contribution in [0.1, 0.15) is 34.2 Å². The van der Waals surface area contributed by atoms with Crippen LogP contribution < -0.4 is 5.11 Å². The quantitative estimate of drug-likeness (QED) is 0.650. The molecule has 0 spiro atoms. The Bertz CT molecular complexity index is 1080. The first-order valence-electron chi connectivity index (χ1n) is 9.55. The van der Waals surface area contributed by atoms with Crippen LogP contribution >= 0.6 is 0 Å². The van der Waals surface area contributed by atoms with Gasteiger partial charge in [-0.05, 0) is 33.4 Å². The lowest BCUT2D eigenvalue weighted by Crippen LogP contribution is -2.43. The molecule has 0 aromatic heterocycles. The molecule has 3 aromatic carbocycles. The molecular weight excluding hydrogens is 366 g/mol. The Morgan fingerprint density at radius 1 is 0.862 bits per heavy atom. The maximum absolute atomic E-state index is 12.9. The minimum Gasteiger partial charge on any atom is -0.530 e. The zero-order valence-electron chi connectivity index (χ0n) is 15.6. The molecule has 0 saturated heterocycles. The second kappa shape index (κ2) is 6.78. The van der Waals surface area contributed by atoms with Gasteiger partial charge in [0.25, 0.3) is 0 Å². The predicted octanol–water partition coefficient (Wildman–Crippen LogP) is 3.24. The SMILES string of the molecule is O=C(OCC1c2ccccc2-c2ccccc21)[C@H]1c2ccccc2CN1C(=O)[O-]. The Morgan fingerprint density at radius 3 is 2.03 bits per heavy atom. The van der Waals surface area contributed by atoms with Gasteiger partial charge in [-0.3, -0.25) is 0 Å². The zero-order chi connectivity index (χ0) is 20.0. The molecule has 0 bridgehead atoms. The van der Waals surface area contributed by atoms with Gasteiger partial charge in [0.2, 0.25) is 0 Å². The Kier molecular flexibility index (Phi) is 4.09. The third-order valence-corrected chi connectivity index (χ3v) is 5.81. The molecule has 1 heterocycles. The minimum atomic E-state index is -1.38. The van der Waals surface area contributed by atoms with Crippen molar-refractivity contribution in [2.75, 3.05) is 6.61 Å². The number of nitrogens with zero attached hydrogens (tertiary/aromatic N) is 1. The number of carbonyl (C=O) groups excluding carboxylic acids is 2. The molecule has 5 rings (SSSR count). The Hall–Kier alpha value is -3.60. The standard InChI is InChI=1S/C24H19NO4/c26-23(22-16-8-2-1-7-15(16)13-25(22)24(27)28)29-14-21-19-11-5-3-9-17(19)18-10-4-6-12-20(18)21/h1-12,21-22H,13-14H2,(H,27,28)/p-1/t22-/m1/s1. The van der Waals surface area contributed by atoms with Crippen LogP contribution in [0.3, 0.4) is 0 Å². The monoisotopic (exact) mass is 384 g/mol. The van der Waals surface area contributed by atoms with Crippen LogP contribution in [0.2, 0.25) is 0 Å². The predicted molar refractivity (Wildman–Crippen MR) is 105 cm³/mol. The lowest BCUT2D eigenvalue weighted by molar-refractivity contribution is -0.268. The lowest BCUT2D eigenvalue weighted by atomic mass is 9.98. The number of carbonyl (C=O) groups is 2. The van der Waals surface area contributed by atoms with Crippen molar-refractivity contribution in [3.8, 4) is 11.1 Å². The fourth-order valence-corrected chi connectivity index (χ4v) is 4.50. The molecule has 3 aromatic rings. The summed E-state index contributed by atoms with van der Waals surface area (Å²) in [5.41, 5.74) is 5.98. The van der Waals surface area contributed by atoms with E-state index in [1.807, 2.05) is 48.5 Å². The van der Waals surface area contributed by atoms with E-state index in [9.17, 15) is 14.7 Å². The van der Waals surface area contributed by atoms with Crippen molar-refractivity contribution in [1.82, 2.24) is 4.90 Å². The van der Waals surface area contributed by atoms with Crippen LogP contribution in [-0.2, 0) is 16.1 Å². The van der Waals surface area contributed by atoms with E-state index in [0.717, 1.165) is 32.7 Å². The number of fused-ring (bicyclic) bond motifs is 4. The van der Waals surface area contributed by atoms with Gasteiger partial charge in [0, 0.05) is 12.5 Å². The Labute approximate surface area is 168 Å². The van der Waals surface area contributed by atoms with Gasteiger partial charge >= 0.3 is 5.97 Å². The first-order valence-corrected chi connectivity index (χ1v) is 9.55. The number of rotatable bonds is 3. The number of esters is 1. The summed E-state index contributed by atoms with van der Waals surface area (Å²) in [4.78, 5) is 25.6. The molecule has 1 atom stereocenters. The fraction of sp³-hybridized carbons (Fsp3) is 0.167. The molecular formula is C24H18NO4-. The van der Waals surface area contributed by atoms with E-state index >= 15 is 0 Å². The van der Waals surface area contributed by atoms with E-state index in [-0.39, 0.29) is 19.1 Å². The summed E-state index contributed by atoms with van der Waals surface area (Å²) in [5, 5.41) is 11.6. The van der Waals surface area contributed by atoms with Crippen molar-refractivity contribution in [2.45, 2.75) is 18.5 Å². The van der Waals surface area contributed by atoms with Gasteiger partial charge < -0.3 is 19.5 Å². The van der Waals surface area contributed by atoms with E-state index in [0.29, 0.717) is 5.56 Å². The zero-order valence-corrected chi connectivity index (χ0v) is 15.6. The molecule has 5 nitrogen and oxygen atoms in total. The molecule has 1 amide bonds. The number of hydrogen-bond acceptors (Lipinski definition) is 4. The van der Waals surface area contributed by atoms with E-state index < -0.39 is 18.1 Å². The van der Waals surface area contributed by atoms with E-state index in [4.69, 9.17) is 4.74 Å². The highest BCUT2D eigenvalue weighted by atomic mass is 16.5. The maximum atomic E-state index is 12.9. The topological polar surface area (TPSA) is 69.7 Å². The molecule has 1 aliphatic carbocycles. The largest absolute Gasteiger partial charge is 0.530 e. The first-order chi connectivity index (χ1) is 14.1. The number of benzene rings is 3. The van der Waals surface area contributed by atoms with Gasteiger partial charge in [-0.15, -0.1) is 0 Å². The summed E-state index contributed by atoms with van der Waals surface area (Å²) < 4.78 is 5.69. The second-order valence-corrected chi connectivity index (χ2v) is 7.35. The number of hydrogen-bond donors (Lipinski definition) is 0. The summed E-state index contributed by atoms with van der Waals surface area (Å²) in [6, 6.07) is 22.4. The summed E-state index contributed by atoms with van der Waals surface area (Å²) in [5.74, 6) is -0.639. The van der Waals surface area contributed by atoms with Crippen LogP contribution in [0.15, 0.2) is 72.8 Å². The van der Waals surface area contributed by atoms with Crippen molar-refractivity contribution >= 4 is 12.1 Å². The van der Waals surface area contributed by atoms with Crippen molar-refractivity contribution < 1.29 is 19.4 Å². The highest BCUT2D eigenvalue weighted by molar-refractivity contribution is 5.84. The molecule has 144 valence electrons. The summed E-state index contributed by atoms with van der Waals surface area (Å²) >= 11 is 0. The average Bonchev–Trinajstić information content (AvgIpc) is 3.29. The smallest absolute Gasteiger partial charge is 0.333 e. The van der Waals surface area contributed by atoms with Crippen molar-refractivity contribution in [2.24, 2.45) is 0 Å². The van der Waals surface area contributed by atoms with Gasteiger partial charge in [0.15, 0.2) is 6.04 Å². The van der Waals surface area contributed by atoms with Crippen LogP contribution in [0.25, 0.3) is 11.1 Å². The molecule has 0 saturated carbocycles. The van der Waals surface area contributed by atoms with Crippen LogP contribution in [0.5, 0.6) is 0 Å². The second-order valence-electron chi connectivity index (χ2n) is 7.35. The lowest BCUT2D eigenvalue weighted by Gasteiger charge is -2.26. The molecule has 5 heteroatoms. The molecule has 0 N–H and O–H groups in total. The molecule has 29 heavy (non-hydrogen) atoms. The fourth-order valence-electron chi connectivity index (χ4n) is 4.50.